The number of ether oxygens (including phenoxy) is 4. The van der Waals surface area contributed by atoms with Crippen molar-refractivity contribution < 1.29 is 43.7 Å². The molecule has 1 amide bonds. The summed E-state index contributed by atoms with van der Waals surface area (Å²) in [5.74, 6) is -0.527. The highest BCUT2D eigenvalue weighted by Crippen LogP contribution is 2.62. The molecule has 3 aliphatic rings. The molecule has 2 aliphatic carbocycles. The van der Waals surface area contributed by atoms with Crippen molar-refractivity contribution >= 4 is 39.0 Å². The lowest BCUT2D eigenvalue weighted by Crippen LogP contribution is -2.70. The number of carbonyl (C=O) groups is 1. The molecule has 0 radical (unpaired) electrons. The highest BCUT2D eigenvalue weighted by atomic mass is 16.7. The highest BCUT2D eigenvalue weighted by Gasteiger charge is 2.65. The fourth-order valence-electron chi connectivity index (χ4n) is 11.0. The van der Waals surface area contributed by atoms with Crippen LogP contribution in [0.2, 0.25) is 0 Å². The van der Waals surface area contributed by atoms with Crippen LogP contribution in [0.1, 0.15) is 67.6 Å². The molecule has 0 bridgehead atoms. The van der Waals surface area contributed by atoms with E-state index in [4.69, 9.17) is 28.9 Å². The van der Waals surface area contributed by atoms with E-state index in [9.17, 15) is 25.1 Å². The van der Waals surface area contributed by atoms with Gasteiger partial charge in [-0.1, -0.05) is 103 Å². The Morgan fingerprint density at radius 2 is 1.59 bits per heavy atom. The predicted molar refractivity (Wildman–Crippen MR) is 269 cm³/mol. The lowest BCUT2D eigenvalue weighted by atomic mass is 9.55. The zero-order chi connectivity index (χ0) is 48.6. The molecular formula is C57H59N3O10. The standard InChI is InChI=1S/C57H59N3O10/c1-3-31-67-57-53(59(56(63)66-2)36-43-18-12-17-40-14-6-7-19-47(40)43)35-51(58-68-37-38-21-24-44(25-22-38)60(64)65)49-33-42(16-8-10-29-61)48(20-9-11-30-62)54(55(49)57)50-34-46(27-28-52(50)70-57)69-45-26-23-39-13-4-5-15-41(39)32-45/h3-7,12-15,17-19,21-28,32-34,42,48,53-55,61-62H,1,8-11,16,20,29-31,35-37H2,2H3. The number of methoxy groups -OCH3 is 1. The Kier molecular flexibility index (Phi) is 14.9. The highest BCUT2D eigenvalue weighted by molar-refractivity contribution is 6.03. The fraction of sp³-hybridized carbons (Fsp3) is 0.333. The lowest BCUT2D eigenvalue weighted by Gasteiger charge is -2.59. The number of oxime groups is 1. The molecule has 6 aromatic carbocycles. The Morgan fingerprint density at radius 1 is 0.871 bits per heavy atom. The quantitative estimate of drug-likeness (QED) is 0.0326. The maximum absolute atomic E-state index is 14.6. The van der Waals surface area contributed by atoms with E-state index in [0.717, 1.165) is 63.9 Å². The van der Waals surface area contributed by atoms with Gasteiger partial charge in [-0.05, 0) is 118 Å². The molecule has 1 fully saturated rings. The number of aliphatic hydroxyl groups excluding tert-OH is 2. The van der Waals surface area contributed by atoms with Gasteiger partial charge in [0.15, 0.2) is 0 Å². The van der Waals surface area contributed by atoms with Crippen molar-refractivity contribution in [2.75, 3.05) is 26.9 Å². The monoisotopic (exact) mass is 945 g/mol. The van der Waals surface area contributed by atoms with Crippen LogP contribution in [0.25, 0.3) is 21.5 Å². The number of fused-ring (bicyclic) bond motifs is 4. The van der Waals surface area contributed by atoms with E-state index < -0.39 is 28.8 Å². The van der Waals surface area contributed by atoms with Gasteiger partial charge in [-0.15, -0.1) is 6.58 Å². The Bertz CT molecular complexity index is 2900. The van der Waals surface area contributed by atoms with Gasteiger partial charge in [-0.2, -0.15) is 0 Å². The van der Waals surface area contributed by atoms with Crippen molar-refractivity contribution in [3.05, 3.63) is 179 Å². The first-order valence-electron chi connectivity index (χ1n) is 24.2. The number of aliphatic hydroxyl groups is 2. The van der Waals surface area contributed by atoms with Gasteiger partial charge in [0.1, 0.15) is 29.9 Å². The number of nitro benzene ring substituents is 1. The summed E-state index contributed by atoms with van der Waals surface area (Å²) < 4.78 is 27.0. The Hall–Kier alpha value is -7.06. The Balaban J connectivity index is 1.23. The van der Waals surface area contributed by atoms with E-state index >= 15 is 0 Å². The van der Waals surface area contributed by atoms with Crippen LogP contribution in [-0.4, -0.2) is 70.6 Å². The molecule has 1 saturated carbocycles. The molecule has 0 saturated heterocycles. The molecule has 6 aromatic rings. The van der Waals surface area contributed by atoms with Crippen molar-refractivity contribution in [3.63, 3.8) is 0 Å². The molecule has 1 heterocycles. The maximum atomic E-state index is 14.6. The molecule has 6 unspecified atom stereocenters. The summed E-state index contributed by atoms with van der Waals surface area (Å²) in [6.45, 7) is 4.45. The van der Waals surface area contributed by atoms with Crippen LogP contribution in [0.5, 0.6) is 17.2 Å². The number of allylic oxidation sites excluding steroid dienone is 1. The number of nitrogens with zero attached hydrogens (tertiary/aromatic N) is 3. The summed E-state index contributed by atoms with van der Waals surface area (Å²) in [6.07, 6.45) is 7.85. The minimum atomic E-state index is -1.53. The molecule has 13 heteroatoms. The summed E-state index contributed by atoms with van der Waals surface area (Å²) in [4.78, 5) is 33.6. The Morgan fingerprint density at radius 3 is 2.34 bits per heavy atom. The number of unbranched alkanes of at least 4 members (excludes halogenated alkanes) is 2. The van der Waals surface area contributed by atoms with Crippen molar-refractivity contribution in [1.82, 2.24) is 4.90 Å². The van der Waals surface area contributed by atoms with Crippen molar-refractivity contribution in [2.24, 2.45) is 22.9 Å². The minimum absolute atomic E-state index is 0.00146. The van der Waals surface area contributed by atoms with E-state index in [1.165, 1.54) is 19.2 Å². The van der Waals surface area contributed by atoms with Crippen LogP contribution in [0.15, 0.2) is 157 Å². The maximum Gasteiger partial charge on any atom is 0.410 e. The SMILES string of the molecule is C=CCOC12Oc3ccc(Oc4ccc5ccccc5c4)cc3C3C(CCCCO)C(CCCCO)C=C(C(=NOCc4ccc([N+](=O)[O-])cc4)CC1N(Cc1cccc4ccccc14)C(=O)OC)C32. The van der Waals surface area contributed by atoms with Gasteiger partial charge in [-0.25, -0.2) is 4.79 Å². The molecule has 9 rings (SSSR count). The number of benzene rings is 6. The van der Waals surface area contributed by atoms with Gasteiger partial charge < -0.3 is 34.0 Å². The van der Waals surface area contributed by atoms with Crippen molar-refractivity contribution in [3.8, 4) is 17.2 Å². The molecular weight excluding hydrogens is 887 g/mol. The van der Waals surface area contributed by atoms with Crippen LogP contribution < -0.4 is 9.47 Å². The van der Waals surface area contributed by atoms with E-state index in [-0.39, 0.29) is 62.8 Å². The first-order valence-corrected chi connectivity index (χ1v) is 24.2. The second-order valence-corrected chi connectivity index (χ2v) is 18.3. The van der Waals surface area contributed by atoms with Crippen LogP contribution in [0.4, 0.5) is 10.5 Å². The second kappa shape index (κ2) is 21.7. The number of hydrogen-bond donors (Lipinski definition) is 2. The van der Waals surface area contributed by atoms with Gasteiger partial charge in [0.05, 0.1) is 36.8 Å². The third-order valence-corrected chi connectivity index (χ3v) is 14.2. The van der Waals surface area contributed by atoms with E-state index in [1.807, 2.05) is 84.9 Å². The normalized spacial score (nSPS) is 21.8. The van der Waals surface area contributed by atoms with E-state index in [1.54, 1.807) is 23.1 Å². The van der Waals surface area contributed by atoms with E-state index in [0.29, 0.717) is 41.4 Å². The van der Waals surface area contributed by atoms with E-state index in [2.05, 4.69) is 30.9 Å². The van der Waals surface area contributed by atoms with Crippen molar-refractivity contribution in [1.29, 1.82) is 0 Å². The molecule has 70 heavy (non-hydrogen) atoms. The predicted octanol–water partition coefficient (Wildman–Crippen LogP) is 11.8. The number of non-ortho nitro benzene ring substituents is 1. The lowest BCUT2D eigenvalue weighted by molar-refractivity contribution is -0.384. The number of carbonyl (C=O) groups excluding carboxylic acids is 1. The number of amides is 1. The summed E-state index contributed by atoms with van der Waals surface area (Å²) in [6, 6.07) is 39.5. The Labute approximate surface area is 407 Å². The van der Waals surface area contributed by atoms with Crippen LogP contribution in [0, 0.1) is 27.9 Å². The first-order chi connectivity index (χ1) is 34.2. The third kappa shape index (κ3) is 9.87. The molecule has 0 spiro atoms. The molecule has 2 N–H and O–H groups in total. The number of nitro groups is 1. The minimum Gasteiger partial charge on any atom is -0.459 e. The van der Waals surface area contributed by atoms with Crippen LogP contribution >= 0.6 is 0 Å². The summed E-state index contributed by atoms with van der Waals surface area (Å²) in [5, 5.41) is 40.7. The summed E-state index contributed by atoms with van der Waals surface area (Å²) in [7, 11) is 1.37. The molecule has 13 nitrogen and oxygen atoms in total. The molecule has 6 atom stereocenters. The topological polar surface area (TPSA) is 162 Å². The van der Waals surface area contributed by atoms with Crippen molar-refractivity contribution in [2.45, 2.75) is 75.8 Å². The fourth-order valence-corrected chi connectivity index (χ4v) is 11.0. The third-order valence-electron chi connectivity index (χ3n) is 14.2. The molecule has 0 aromatic heterocycles. The molecule has 1 aliphatic heterocycles. The number of hydrogen-bond acceptors (Lipinski definition) is 11. The summed E-state index contributed by atoms with van der Waals surface area (Å²) in [5.41, 5.74) is 3.93. The van der Waals surface area contributed by atoms with Gasteiger partial charge in [0.25, 0.3) is 5.69 Å². The number of rotatable bonds is 20. The largest absolute Gasteiger partial charge is 0.459 e. The molecule has 362 valence electrons. The van der Waals surface area contributed by atoms with Gasteiger partial charge >= 0.3 is 6.09 Å². The van der Waals surface area contributed by atoms with Gasteiger partial charge in [-0.3, -0.25) is 15.0 Å². The summed E-state index contributed by atoms with van der Waals surface area (Å²) >= 11 is 0. The van der Waals surface area contributed by atoms with Gasteiger partial charge in [0, 0.05) is 43.2 Å². The smallest absolute Gasteiger partial charge is 0.410 e. The average Bonchev–Trinajstić information content (AvgIpc) is 3.38. The van der Waals surface area contributed by atoms with Gasteiger partial charge in [0.2, 0.25) is 5.79 Å². The first kappa shape index (κ1) is 48.0. The average molecular weight is 946 g/mol. The zero-order valence-electron chi connectivity index (χ0n) is 39.4. The zero-order valence-corrected chi connectivity index (χ0v) is 39.4. The van der Waals surface area contributed by atoms with Crippen LogP contribution in [-0.2, 0) is 27.5 Å². The second-order valence-electron chi connectivity index (χ2n) is 18.3. The van der Waals surface area contributed by atoms with Crippen LogP contribution in [0.3, 0.4) is 0 Å².